The molecule has 2 aromatic heterocycles. The first-order chi connectivity index (χ1) is 7.65. The van der Waals surface area contributed by atoms with E-state index in [1.807, 2.05) is 0 Å². The number of imidazole rings is 1. The maximum absolute atomic E-state index is 10.7. The lowest BCUT2D eigenvalue weighted by atomic mass is 10.2. The number of pyridine rings is 1. The summed E-state index contributed by atoms with van der Waals surface area (Å²) in [6.07, 6.45) is 1.33. The summed E-state index contributed by atoms with van der Waals surface area (Å²) in [5.41, 5.74) is 6.63. The van der Waals surface area contributed by atoms with Crippen LogP contribution in [-0.4, -0.2) is 26.0 Å². The molecule has 0 saturated heterocycles. The van der Waals surface area contributed by atoms with Gasteiger partial charge >= 0.3 is 5.82 Å². The van der Waals surface area contributed by atoms with Gasteiger partial charge in [0.15, 0.2) is 0 Å². The van der Waals surface area contributed by atoms with Gasteiger partial charge in [0.1, 0.15) is 5.52 Å². The third-order valence-corrected chi connectivity index (χ3v) is 2.33. The summed E-state index contributed by atoms with van der Waals surface area (Å²) in [5, 5.41) is 19.6. The maximum atomic E-state index is 10.7. The second-order valence-corrected chi connectivity index (χ2v) is 3.32. The van der Waals surface area contributed by atoms with Gasteiger partial charge in [0.05, 0.1) is 12.6 Å². The fourth-order valence-electron chi connectivity index (χ4n) is 1.56. The van der Waals surface area contributed by atoms with Crippen LogP contribution in [0.2, 0.25) is 0 Å². The van der Waals surface area contributed by atoms with Gasteiger partial charge in [-0.05, 0) is 22.0 Å². The highest BCUT2D eigenvalue weighted by Crippen LogP contribution is 2.21. The van der Waals surface area contributed by atoms with Crippen molar-refractivity contribution in [1.82, 2.24) is 9.38 Å². The highest BCUT2D eigenvalue weighted by Gasteiger charge is 2.18. The summed E-state index contributed by atoms with van der Waals surface area (Å²) in [6.45, 7) is -0.231. The molecule has 3 N–H and O–H groups in total. The van der Waals surface area contributed by atoms with Crippen molar-refractivity contribution >= 4 is 11.3 Å². The van der Waals surface area contributed by atoms with Gasteiger partial charge in [-0.1, -0.05) is 6.07 Å². The monoisotopic (exact) mass is 222 g/mol. The number of hydrogen-bond acceptors (Lipinski definition) is 5. The molecule has 0 bridgehead atoms. The van der Waals surface area contributed by atoms with Crippen LogP contribution >= 0.6 is 0 Å². The van der Waals surface area contributed by atoms with Crippen molar-refractivity contribution in [2.24, 2.45) is 5.73 Å². The molecule has 84 valence electrons. The Labute approximate surface area is 90.3 Å². The smallest absolute Gasteiger partial charge is 0.389 e. The van der Waals surface area contributed by atoms with Gasteiger partial charge in [0, 0.05) is 5.69 Å². The molecule has 2 heterocycles. The van der Waals surface area contributed by atoms with Crippen LogP contribution < -0.4 is 5.73 Å². The predicted molar refractivity (Wildman–Crippen MR) is 55.9 cm³/mol. The topological polar surface area (TPSA) is 107 Å². The van der Waals surface area contributed by atoms with E-state index in [-0.39, 0.29) is 12.4 Å². The van der Waals surface area contributed by atoms with E-state index >= 15 is 0 Å². The van der Waals surface area contributed by atoms with E-state index in [4.69, 9.17) is 10.8 Å². The average Bonchev–Trinajstić information content (AvgIpc) is 2.71. The largest absolute Gasteiger partial charge is 0.394 e. The lowest BCUT2D eigenvalue weighted by Crippen LogP contribution is -2.17. The first kappa shape index (κ1) is 10.5. The summed E-state index contributed by atoms with van der Waals surface area (Å²) in [5.74, 6) is -0.216. The van der Waals surface area contributed by atoms with Crippen molar-refractivity contribution in [3.05, 3.63) is 40.3 Å². The number of hydrogen-bond donors (Lipinski definition) is 2. The minimum absolute atomic E-state index is 0.216. The summed E-state index contributed by atoms with van der Waals surface area (Å²) in [7, 11) is 0. The Kier molecular flexibility index (Phi) is 2.55. The predicted octanol–water partition coefficient (Wildman–Crippen LogP) is 0.235. The molecule has 0 aliphatic heterocycles. The normalized spacial score (nSPS) is 12.9. The number of rotatable bonds is 3. The van der Waals surface area contributed by atoms with Crippen LogP contribution in [0, 0.1) is 10.1 Å². The first-order valence-corrected chi connectivity index (χ1v) is 4.62. The molecule has 2 aromatic rings. The number of nitrogens with two attached hydrogens (primary N) is 1. The van der Waals surface area contributed by atoms with Gasteiger partial charge in [0.2, 0.25) is 6.33 Å². The van der Waals surface area contributed by atoms with Crippen LogP contribution in [0.3, 0.4) is 0 Å². The van der Waals surface area contributed by atoms with Gasteiger partial charge in [-0.3, -0.25) is 4.40 Å². The van der Waals surface area contributed by atoms with Crippen LogP contribution in [0.5, 0.6) is 0 Å². The van der Waals surface area contributed by atoms with E-state index < -0.39 is 11.0 Å². The minimum Gasteiger partial charge on any atom is -0.394 e. The Morgan fingerprint density at radius 2 is 2.38 bits per heavy atom. The highest BCUT2D eigenvalue weighted by atomic mass is 16.6. The van der Waals surface area contributed by atoms with Gasteiger partial charge in [-0.2, -0.15) is 0 Å². The lowest BCUT2D eigenvalue weighted by molar-refractivity contribution is -0.387. The van der Waals surface area contributed by atoms with Gasteiger partial charge in [0.25, 0.3) is 0 Å². The molecule has 1 atom stereocenters. The van der Waals surface area contributed by atoms with E-state index in [0.29, 0.717) is 11.2 Å². The quantitative estimate of drug-likeness (QED) is 0.571. The van der Waals surface area contributed by atoms with E-state index in [1.165, 1.54) is 10.7 Å². The van der Waals surface area contributed by atoms with E-state index in [1.54, 1.807) is 18.2 Å². The lowest BCUT2D eigenvalue weighted by Gasteiger charge is -2.09. The summed E-state index contributed by atoms with van der Waals surface area (Å²) < 4.78 is 1.51. The fraction of sp³-hybridized carbons (Fsp3) is 0.222. The van der Waals surface area contributed by atoms with Crippen LogP contribution in [0.4, 0.5) is 5.82 Å². The Hall–Kier alpha value is -1.99. The third-order valence-electron chi connectivity index (χ3n) is 2.33. The van der Waals surface area contributed by atoms with Crippen molar-refractivity contribution in [2.45, 2.75) is 6.04 Å². The Balaban J connectivity index is 2.66. The SMILES string of the molecule is NC(CO)c1cccc2c([N+](=O)[O-])ncn12. The molecule has 2 rings (SSSR count). The summed E-state index contributed by atoms with van der Waals surface area (Å²) in [6, 6.07) is 4.34. The molecule has 0 aromatic carbocycles. The maximum Gasteiger partial charge on any atom is 0.389 e. The molecule has 7 heteroatoms. The molecular weight excluding hydrogens is 212 g/mol. The molecule has 0 spiro atoms. The number of aliphatic hydroxyl groups is 1. The number of fused-ring (bicyclic) bond motifs is 1. The number of aliphatic hydroxyl groups excluding tert-OH is 1. The molecule has 1 unspecified atom stereocenters. The van der Waals surface area contributed by atoms with Crippen LogP contribution in [0.25, 0.3) is 5.52 Å². The fourth-order valence-corrected chi connectivity index (χ4v) is 1.56. The molecule has 0 amide bonds. The van der Waals surface area contributed by atoms with E-state index in [2.05, 4.69) is 4.98 Å². The van der Waals surface area contributed by atoms with Gasteiger partial charge < -0.3 is 21.0 Å². The Morgan fingerprint density at radius 3 is 3.00 bits per heavy atom. The zero-order chi connectivity index (χ0) is 11.7. The molecular formula is C9H10N4O3. The second-order valence-electron chi connectivity index (χ2n) is 3.32. The van der Waals surface area contributed by atoms with Crippen LogP contribution in [0.15, 0.2) is 24.5 Å². The average molecular weight is 222 g/mol. The second kappa shape index (κ2) is 3.87. The summed E-state index contributed by atoms with van der Waals surface area (Å²) in [4.78, 5) is 13.8. The highest BCUT2D eigenvalue weighted by molar-refractivity contribution is 5.62. The zero-order valence-corrected chi connectivity index (χ0v) is 8.28. The molecule has 0 aliphatic rings. The van der Waals surface area contributed by atoms with Crippen LogP contribution in [-0.2, 0) is 0 Å². The Bertz CT molecular complexity index is 537. The van der Waals surface area contributed by atoms with Crippen LogP contribution in [0.1, 0.15) is 11.7 Å². The van der Waals surface area contributed by atoms with E-state index in [0.717, 1.165) is 0 Å². The number of nitro groups is 1. The minimum atomic E-state index is -0.586. The molecule has 0 radical (unpaired) electrons. The summed E-state index contributed by atoms with van der Waals surface area (Å²) >= 11 is 0. The van der Waals surface area contributed by atoms with Crippen molar-refractivity contribution in [1.29, 1.82) is 0 Å². The van der Waals surface area contributed by atoms with Crippen molar-refractivity contribution in [3.8, 4) is 0 Å². The first-order valence-electron chi connectivity index (χ1n) is 4.62. The molecule has 16 heavy (non-hydrogen) atoms. The van der Waals surface area contributed by atoms with Gasteiger partial charge in [-0.25, -0.2) is 0 Å². The zero-order valence-electron chi connectivity index (χ0n) is 8.28. The number of nitrogens with zero attached hydrogens (tertiary/aromatic N) is 3. The molecule has 0 aliphatic carbocycles. The molecule has 7 nitrogen and oxygen atoms in total. The third kappa shape index (κ3) is 1.51. The van der Waals surface area contributed by atoms with Gasteiger partial charge in [-0.15, -0.1) is 0 Å². The molecule has 0 fully saturated rings. The van der Waals surface area contributed by atoms with E-state index in [9.17, 15) is 10.1 Å². The number of aromatic nitrogens is 2. The van der Waals surface area contributed by atoms with Crippen molar-refractivity contribution in [3.63, 3.8) is 0 Å². The standard InChI is InChI=1S/C9H10N4O3/c10-6(4-14)7-2-1-3-8-9(13(15)16)11-5-12(7)8/h1-3,5-6,14H,4,10H2. The molecule has 0 saturated carbocycles. The van der Waals surface area contributed by atoms with Crippen molar-refractivity contribution in [2.75, 3.05) is 6.61 Å². The van der Waals surface area contributed by atoms with Crippen molar-refractivity contribution < 1.29 is 10.0 Å². The Morgan fingerprint density at radius 1 is 1.62 bits per heavy atom.